The van der Waals surface area contributed by atoms with Crippen molar-refractivity contribution in [3.63, 3.8) is 0 Å². The van der Waals surface area contributed by atoms with E-state index in [1.807, 2.05) is 11.3 Å². The molecule has 0 saturated carbocycles. The van der Waals surface area contributed by atoms with Crippen LogP contribution in [-0.4, -0.2) is 6.04 Å². The Hall–Kier alpha value is -0.600. The van der Waals surface area contributed by atoms with Crippen LogP contribution in [0.5, 0.6) is 0 Å². The molecule has 2 unspecified atom stereocenters. The van der Waals surface area contributed by atoms with Crippen LogP contribution < -0.4 is 5.32 Å². The Balaban J connectivity index is 1.94. The number of thiophene rings is 1. The molecule has 14 heavy (non-hydrogen) atoms. The molecule has 0 aliphatic heterocycles. The molecule has 0 amide bonds. The van der Waals surface area contributed by atoms with Gasteiger partial charge in [-0.2, -0.15) is 0 Å². The van der Waals surface area contributed by atoms with Crippen LogP contribution >= 0.6 is 11.3 Å². The van der Waals surface area contributed by atoms with Gasteiger partial charge >= 0.3 is 0 Å². The van der Waals surface area contributed by atoms with Gasteiger partial charge in [-0.25, -0.2) is 0 Å². The van der Waals surface area contributed by atoms with Crippen LogP contribution in [0.1, 0.15) is 36.2 Å². The summed E-state index contributed by atoms with van der Waals surface area (Å²) >= 11 is 1.83. The Labute approximate surface area is 89.8 Å². The minimum absolute atomic E-state index is 0.479. The van der Waals surface area contributed by atoms with Crippen LogP contribution in [0.15, 0.2) is 23.6 Å². The Morgan fingerprint density at radius 3 is 3.00 bits per heavy atom. The fourth-order valence-electron chi connectivity index (χ4n) is 1.88. The van der Waals surface area contributed by atoms with E-state index in [0.717, 1.165) is 0 Å². The Morgan fingerprint density at radius 1 is 1.57 bits per heavy atom. The van der Waals surface area contributed by atoms with Gasteiger partial charge in [-0.05, 0) is 43.7 Å². The molecule has 0 spiro atoms. The second-order valence-electron chi connectivity index (χ2n) is 3.99. The lowest BCUT2D eigenvalue weighted by atomic mass is 10.1. The molecule has 1 aliphatic carbocycles. The maximum Gasteiger partial charge on any atom is 0.0305 e. The first-order chi connectivity index (χ1) is 6.75. The van der Waals surface area contributed by atoms with E-state index < -0.39 is 0 Å². The quantitative estimate of drug-likeness (QED) is 0.749. The molecular formula is C12H17NS. The minimum Gasteiger partial charge on any atom is -0.304 e. The number of rotatable bonds is 3. The van der Waals surface area contributed by atoms with E-state index in [-0.39, 0.29) is 0 Å². The first-order valence-electron chi connectivity index (χ1n) is 5.23. The van der Waals surface area contributed by atoms with Gasteiger partial charge < -0.3 is 5.32 Å². The maximum atomic E-state index is 3.63. The zero-order chi connectivity index (χ0) is 9.97. The lowest BCUT2D eigenvalue weighted by Gasteiger charge is -2.17. The van der Waals surface area contributed by atoms with Gasteiger partial charge in [0.15, 0.2) is 0 Å². The summed E-state index contributed by atoms with van der Waals surface area (Å²) < 4.78 is 0. The number of hydrogen-bond donors (Lipinski definition) is 1. The number of allylic oxidation sites excluding steroid dienone is 1. The molecule has 1 aromatic heterocycles. The van der Waals surface area contributed by atoms with Crippen molar-refractivity contribution in [3.8, 4) is 0 Å². The first-order valence-corrected chi connectivity index (χ1v) is 6.11. The van der Waals surface area contributed by atoms with Crippen molar-refractivity contribution in [2.45, 2.75) is 38.8 Å². The third-order valence-electron chi connectivity index (χ3n) is 2.73. The van der Waals surface area contributed by atoms with Gasteiger partial charge in [-0.1, -0.05) is 12.2 Å². The van der Waals surface area contributed by atoms with Gasteiger partial charge in [0.1, 0.15) is 0 Å². The SMILES string of the molecule is Cc1cc(C(C)NC2C=CCC2)cs1. The Kier molecular flexibility index (Phi) is 3.04. The van der Waals surface area contributed by atoms with Crippen molar-refractivity contribution in [2.24, 2.45) is 0 Å². The highest BCUT2D eigenvalue weighted by atomic mass is 32.1. The number of aryl methyl sites for hydroxylation is 1. The molecule has 0 radical (unpaired) electrons. The van der Waals surface area contributed by atoms with Gasteiger partial charge in [-0.15, -0.1) is 11.3 Å². The highest BCUT2D eigenvalue weighted by Crippen LogP contribution is 2.22. The van der Waals surface area contributed by atoms with Gasteiger partial charge in [-0.3, -0.25) is 0 Å². The molecule has 2 atom stereocenters. The molecule has 1 aromatic rings. The summed E-state index contributed by atoms with van der Waals surface area (Å²) in [6.07, 6.45) is 7.04. The van der Waals surface area contributed by atoms with Crippen molar-refractivity contribution >= 4 is 11.3 Å². The van der Waals surface area contributed by atoms with Crippen LogP contribution in [0.3, 0.4) is 0 Å². The van der Waals surface area contributed by atoms with E-state index in [1.54, 1.807) is 0 Å². The lowest BCUT2D eigenvalue weighted by Crippen LogP contribution is -2.27. The van der Waals surface area contributed by atoms with Crippen molar-refractivity contribution < 1.29 is 0 Å². The second kappa shape index (κ2) is 4.28. The molecule has 0 aromatic carbocycles. The summed E-state index contributed by atoms with van der Waals surface area (Å²) in [5.74, 6) is 0. The van der Waals surface area contributed by atoms with E-state index in [9.17, 15) is 0 Å². The lowest BCUT2D eigenvalue weighted by molar-refractivity contribution is 0.506. The molecule has 2 rings (SSSR count). The maximum absolute atomic E-state index is 3.63. The van der Waals surface area contributed by atoms with E-state index >= 15 is 0 Å². The molecular weight excluding hydrogens is 190 g/mol. The van der Waals surface area contributed by atoms with Crippen LogP contribution in [0.4, 0.5) is 0 Å². The van der Waals surface area contributed by atoms with Gasteiger partial charge in [0.05, 0.1) is 0 Å². The van der Waals surface area contributed by atoms with Gasteiger partial charge in [0, 0.05) is 17.0 Å². The molecule has 1 N–H and O–H groups in total. The van der Waals surface area contributed by atoms with Crippen LogP contribution in [0, 0.1) is 6.92 Å². The molecule has 2 heteroatoms. The van der Waals surface area contributed by atoms with Crippen molar-refractivity contribution in [1.29, 1.82) is 0 Å². The third kappa shape index (κ3) is 2.25. The summed E-state index contributed by atoms with van der Waals surface area (Å²) in [5, 5.41) is 5.88. The van der Waals surface area contributed by atoms with E-state index in [4.69, 9.17) is 0 Å². The van der Waals surface area contributed by atoms with Gasteiger partial charge in [0.2, 0.25) is 0 Å². The first kappa shape index (κ1) is 9.94. The average molecular weight is 207 g/mol. The fraction of sp³-hybridized carbons (Fsp3) is 0.500. The zero-order valence-corrected chi connectivity index (χ0v) is 9.60. The summed E-state index contributed by atoms with van der Waals surface area (Å²) in [4.78, 5) is 1.40. The smallest absolute Gasteiger partial charge is 0.0305 e. The Morgan fingerprint density at radius 2 is 2.43 bits per heavy atom. The van der Waals surface area contributed by atoms with Crippen LogP contribution in [-0.2, 0) is 0 Å². The minimum atomic E-state index is 0.479. The van der Waals surface area contributed by atoms with E-state index in [1.165, 1.54) is 23.3 Å². The summed E-state index contributed by atoms with van der Waals surface area (Å²) in [5.41, 5.74) is 1.42. The average Bonchev–Trinajstić information content (AvgIpc) is 2.75. The second-order valence-corrected chi connectivity index (χ2v) is 5.11. The predicted octanol–water partition coefficient (Wildman–Crippen LogP) is 3.43. The third-order valence-corrected chi connectivity index (χ3v) is 3.61. The highest BCUT2D eigenvalue weighted by Gasteiger charge is 2.13. The van der Waals surface area contributed by atoms with Crippen molar-refractivity contribution in [2.75, 3.05) is 0 Å². The van der Waals surface area contributed by atoms with Crippen molar-refractivity contribution in [1.82, 2.24) is 5.32 Å². The molecule has 0 bridgehead atoms. The standard InChI is InChI=1S/C12H17NS/c1-9-7-11(8-14-9)10(2)13-12-5-3-4-6-12/h3,5,7-8,10,12-13H,4,6H2,1-2H3. The fourth-order valence-corrected chi connectivity index (χ4v) is 2.68. The van der Waals surface area contributed by atoms with E-state index in [2.05, 4.69) is 42.8 Å². The zero-order valence-electron chi connectivity index (χ0n) is 8.79. The largest absolute Gasteiger partial charge is 0.304 e. The monoisotopic (exact) mass is 207 g/mol. The molecule has 0 fully saturated rings. The summed E-state index contributed by atoms with van der Waals surface area (Å²) in [7, 11) is 0. The van der Waals surface area contributed by atoms with Gasteiger partial charge in [0.25, 0.3) is 0 Å². The van der Waals surface area contributed by atoms with Crippen LogP contribution in [0.2, 0.25) is 0 Å². The summed E-state index contributed by atoms with van der Waals surface area (Å²) in [6, 6.07) is 3.35. The topological polar surface area (TPSA) is 12.0 Å². The Bertz CT molecular complexity index is 327. The highest BCUT2D eigenvalue weighted by molar-refractivity contribution is 7.10. The normalized spacial score (nSPS) is 22.9. The molecule has 1 aliphatic rings. The van der Waals surface area contributed by atoms with Crippen LogP contribution in [0.25, 0.3) is 0 Å². The predicted molar refractivity (Wildman–Crippen MR) is 62.8 cm³/mol. The molecule has 0 saturated heterocycles. The van der Waals surface area contributed by atoms with Crippen molar-refractivity contribution in [3.05, 3.63) is 34.0 Å². The summed E-state index contributed by atoms with van der Waals surface area (Å²) in [6.45, 7) is 4.41. The number of hydrogen-bond acceptors (Lipinski definition) is 2. The van der Waals surface area contributed by atoms with E-state index in [0.29, 0.717) is 12.1 Å². The molecule has 1 heterocycles. The molecule has 1 nitrogen and oxygen atoms in total. The molecule has 76 valence electrons. The number of nitrogens with one attached hydrogen (secondary N) is 1.